The van der Waals surface area contributed by atoms with Gasteiger partial charge in [0.05, 0.1) is 25.3 Å². The highest BCUT2D eigenvalue weighted by Gasteiger charge is 2.37. The molecule has 1 saturated heterocycles. The van der Waals surface area contributed by atoms with E-state index in [2.05, 4.69) is 17.3 Å². The SMILES string of the molecule is COc1ccc(C(C)N(C)C(=O)[C@H]2CNC[C@@H]2c2cnn(C)c2)cc1. The number of aromatic nitrogens is 2. The molecule has 0 spiro atoms. The van der Waals surface area contributed by atoms with Gasteiger partial charge in [-0.3, -0.25) is 9.48 Å². The second-order valence-electron chi connectivity index (χ2n) is 6.72. The number of carbonyl (C=O) groups is 1. The predicted molar refractivity (Wildman–Crippen MR) is 96.5 cm³/mol. The molecule has 134 valence electrons. The van der Waals surface area contributed by atoms with Crippen molar-refractivity contribution in [2.45, 2.75) is 18.9 Å². The van der Waals surface area contributed by atoms with Crippen LogP contribution in [-0.2, 0) is 11.8 Å². The summed E-state index contributed by atoms with van der Waals surface area (Å²) in [6.07, 6.45) is 3.87. The van der Waals surface area contributed by atoms with E-state index in [1.165, 1.54) is 0 Å². The smallest absolute Gasteiger partial charge is 0.227 e. The van der Waals surface area contributed by atoms with Crippen molar-refractivity contribution < 1.29 is 9.53 Å². The molecular formula is C19H26N4O2. The van der Waals surface area contributed by atoms with E-state index in [9.17, 15) is 4.79 Å². The van der Waals surface area contributed by atoms with Crippen molar-refractivity contribution in [2.75, 3.05) is 27.2 Å². The molecule has 25 heavy (non-hydrogen) atoms. The van der Waals surface area contributed by atoms with Crippen LogP contribution in [0.1, 0.15) is 30.0 Å². The lowest BCUT2D eigenvalue weighted by Crippen LogP contribution is -2.37. The quantitative estimate of drug-likeness (QED) is 0.902. The first-order valence-electron chi connectivity index (χ1n) is 8.61. The topological polar surface area (TPSA) is 59.4 Å². The summed E-state index contributed by atoms with van der Waals surface area (Å²) in [5, 5.41) is 7.61. The van der Waals surface area contributed by atoms with E-state index in [1.807, 2.05) is 55.7 Å². The Balaban J connectivity index is 1.74. The van der Waals surface area contributed by atoms with E-state index in [1.54, 1.807) is 11.8 Å². The summed E-state index contributed by atoms with van der Waals surface area (Å²) >= 11 is 0. The lowest BCUT2D eigenvalue weighted by molar-refractivity contribution is -0.136. The van der Waals surface area contributed by atoms with Crippen molar-refractivity contribution in [3.05, 3.63) is 47.8 Å². The van der Waals surface area contributed by atoms with Crippen molar-refractivity contribution in [3.8, 4) is 5.75 Å². The molecule has 1 aromatic heterocycles. The zero-order chi connectivity index (χ0) is 18.0. The summed E-state index contributed by atoms with van der Waals surface area (Å²) in [4.78, 5) is 15.0. The van der Waals surface area contributed by atoms with Gasteiger partial charge in [0.1, 0.15) is 5.75 Å². The van der Waals surface area contributed by atoms with Crippen molar-refractivity contribution in [1.29, 1.82) is 0 Å². The largest absolute Gasteiger partial charge is 0.497 e. The molecule has 1 fully saturated rings. The minimum atomic E-state index is -0.0603. The highest BCUT2D eigenvalue weighted by molar-refractivity contribution is 5.81. The van der Waals surface area contributed by atoms with Gasteiger partial charge in [0.2, 0.25) is 5.91 Å². The number of amides is 1. The third-order valence-electron chi connectivity index (χ3n) is 5.21. The number of hydrogen-bond donors (Lipinski definition) is 1. The van der Waals surface area contributed by atoms with Crippen LogP contribution >= 0.6 is 0 Å². The highest BCUT2D eigenvalue weighted by Crippen LogP contribution is 2.31. The number of nitrogens with zero attached hydrogens (tertiary/aromatic N) is 3. The number of ether oxygens (including phenoxy) is 1. The maximum atomic E-state index is 13.1. The molecule has 6 nitrogen and oxygen atoms in total. The van der Waals surface area contributed by atoms with Gasteiger partial charge in [-0.25, -0.2) is 0 Å². The molecule has 1 aliphatic heterocycles. The molecule has 0 bridgehead atoms. The van der Waals surface area contributed by atoms with Crippen molar-refractivity contribution in [2.24, 2.45) is 13.0 Å². The van der Waals surface area contributed by atoms with E-state index in [0.29, 0.717) is 6.54 Å². The number of benzene rings is 1. The van der Waals surface area contributed by atoms with Gasteiger partial charge in [-0.15, -0.1) is 0 Å². The Morgan fingerprint density at radius 3 is 2.68 bits per heavy atom. The van der Waals surface area contributed by atoms with Crippen molar-refractivity contribution >= 4 is 5.91 Å². The second kappa shape index (κ2) is 7.27. The van der Waals surface area contributed by atoms with Gasteiger partial charge in [0.15, 0.2) is 0 Å². The number of aryl methyl sites for hydroxylation is 1. The average molecular weight is 342 g/mol. The first-order valence-corrected chi connectivity index (χ1v) is 8.61. The summed E-state index contributed by atoms with van der Waals surface area (Å²) in [7, 11) is 5.44. The Labute approximate surface area is 148 Å². The predicted octanol–water partition coefficient (Wildman–Crippen LogP) is 1.95. The Kier molecular flexibility index (Phi) is 5.08. The van der Waals surface area contributed by atoms with Gasteiger partial charge in [-0.2, -0.15) is 5.10 Å². The van der Waals surface area contributed by atoms with Crippen LogP contribution in [0.2, 0.25) is 0 Å². The Bertz CT molecular complexity index is 725. The van der Waals surface area contributed by atoms with E-state index in [-0.39, 0.29) is 23.8 Å². The third kappa shape index (κ3) is 3.54. The first kappa shape index (κ1) is 17.5. The van der Waals surface area contributed by atoms with Gasteiger partial charge in [0.25, 0.3) is 0 Å². The van der Waals surface area contributed by atoms with Gasteiger partial charge in [-0.1, -0.05) is 12.1 Å². The fourth-order valence-electron chi connectivity index (χ4n) is 3.48. The number of methoxy groups -OCH3 is 1. The summed E-state index contributed by atoms with van der Waals surface area (Å²) in [5.41, 5.74) is 2.22. The molecule has 3 rings (SSSR count). The standard InChI is InChI=1S/C19H26N4O2/c1-13(14-5-7-16(25-4)8-6-14)23(3)19(24)18-11-20-10-17(18)15-9-21-22(2)12-15/h5-9,12-13,17-18,20H,10-11H2,1-4H3/t13?,17-,18+/m1/s1. The summed E-state index contributed by atoms with van der Waals surface area (Å²) in [5.74, 6) is 1.10. The molecule has 0 saturated carbocycles. The van der Waals surface area contributed by atoms with Crippen LogP contribution in [0, 0.1) is 5.92 Å². The van der Waals surface area contributed by atoms with Crippen LogP contribution < -0.4 is 10.1 Å². The number of carbonyl (C=O) groups excluding carboxylic acids is 1. The molecule has 1 unspecified atom stereocenters. The number of nitrogens with one attached hydrogen (secondary N) is 1. The summed E-state index contributed by atoms with van der Waals surface area (Å²) < 4.78 is 7.00. The molecule has 1 amide bonds. The van der Waals surface area contributed by atoms with Crippen LogP contribution in [0.3, 0.4) is 0 Å². The average Bonchev–Trinajstić information content (AvgIpc) is 3.28. The van der Waals surface area contributed by atoms with Crippen LogP contribution in [0.25, 0.3) is 0 Å². The Morgan fingerprint density at radius 2 is 2.08 bits per heavy atom. The summed E-state index contributed by atoms with van der Waals surface area (Å²) in [6.45, 7) is 3.58. The minimum absolute atomic E-state index is 0.00792. The molecule has 2 heterocycles. The molecule has 2 aromatic rings. The van der Waals surface area contributed by atoms with Gasteiger partial charge >= 0.3 is 0 Å². The normalized spacial score (nSPS) is 21.1. The molecule has 1 aromatic carbocycles. The van der Waals surface area contributed by atoms with Crippen LogP contribution in [0.4, 0.5) is 0 Å². The van der Waals surface area contributed by atoms with Crippen molar-refractivity contribution in [1.82, 2.24) is 20.0 Å². The van der Waals surface area contributed by atoms with Crippen LogP contribution in [0.15, 0.2) is 36.7 Å². The Morgan fingerprint density at radius 1 is 1.36 bits per heavy atom. The first-order chi connectivity index (χ1) is 12.0. The highest BCUT2D eigenvalue weighted by atomic mass is 16.5. The lowest BCUT2D eigenvalue weighted by Gasteiger charge is -2.29. The Hall–Kier alpha value is -2.34. The monoisotopic (exact) mass is 342 g/mol. The van der Waals surface area contributed by atoms with E-state index in [0.717, 1.165) is 23.4 Å². The van der Waals surface area contributed by atoms with E-state index in [4.69, 9.17) is 4.74 Å². The molecule has 0 radical (unpaired) electrons. The lowest BCUT2D eigenvalue weighted by atomic mass is 9.89. The molecule has 1 N–H and O–H groups in total. The molecule has 6 heteroatoms. The molecular weight excluding hydrogens is 316 g/mol. The van der Waals surface area contributed by atoms with E-state index < -0.39 is 0 Å². The number of hydrogen-bond acceptors (Lipinski definition) is 4. The molecule has 0 aliphatic carbocycles. The zero-order valence-electron chi connectivity index (χ0n) is 15.3. The molecule has 1 aliphatic rings. The fourth-order valence-corrected chi connectivity index (χ4v) is 3.48. The summed E-state index contributed by atoms with van der Waals surface area (Å²) in [6, 6.07) is 7.89. The van der Waals surface area contributed by atoms with Gasteiger partial charge in [0, 0.05) is 39.3 Å². The molecule has 3 atom stereocenters. The zero-order valence-corrected chi connectivity index (χ0v) is 15.3. The van der Waals surface area contributed by atoms with E-state index >= 15 is 0 Å². The van der Waals surface area contributed by atoms with Crippen LogP contribution in [0.5, 0.6) is 5.75 Å². The van der Waals surface area contributed by atoms with Gasteiger partial charge in [-0.05, 0) is 30.2 Å². The van der Waals surface area contributed by atoms with Crippen molar-refractivity contribution in [3.63, 3.8) is 0 Å². The number of rotatable bonds is 5. The third-order valence-corrected chi connectivity index (χ3v) is 5.21. The van der Waals surface area contributed by atoms with Gasteiger partial charge < -0.3 is 15.0 Å². The van der Waals surface area contributed by atoms with Crippen LogP contribution in [-0.4, -0.2) is 47.8 Å². The second-order valence-corrected chi connectivity index (χ2v) is 6.72. The minimum Gasteiger partial charge on any atom is -0.497 e. The maximum absolute atomic E-state index is 13.1. The maximum Gasteiger partial charge on any atom is 0.227 e. The fraction of sp³-hybridized carbons (Fsp3) is 0.474.